The van der Waals surface area contributed by atoms with Crippen LogP contribution in [0.5, 0.6) is 0 Å². The van der Waals surface area contributed by atoms with E-state index in [0.717, 1.165) is 5.69 Å². The maximum absolute atomic E-state index is 9.06. The van der Waals surface area contributed by atoms with Crippen molar-refractivity contribution in [3.63, 3.8) is 0 Å². The molecule has 0 saturated heterocycles. The number of aromatic nitrogens is 1. The van der Waals surface area contributed by atoms with Crippen molar-refractivity contribution in [1.82, 2.24) is 4.98 Å². The minimum Gasteiger partial charge on any atom is -0.433 e. The molecule has 1 atom stereocenters. The lowest BCUT2D eigenvalue weighted by Gasteiger charge is -1.97. The fourth-order valence-corrected chi connectivity index (χ4v) is 1.20. The van der Waals surface area contributed by atoms with E-state index in [9.17, 15) is 0 Å². The molecule has 0 aliphatic heterocycles. The van der Waals surface area contributed by atoms with Crippen LogP contribution in [0.4, 0.5) is 0 Å². The van der Waals surface area contributed by atoms with Crippen LogP contribution in [0.1, 0.15) is 24.5 Å². The van der Waals surface area contributed by atoms with E-state index in [1.807, 2.05) is 0 Å². The van der Waals surface area contributed by atoms with Gasteiger partial charge in [0.25, 0.3) is 4.80 Å². The van der Waals surface area contributed by atoms with Crippen molar-refractivity contribution in [3.8, 4) is 0 Å². The van der Waals surface area contributed by atoms with E-state index in [4.69, 9.17) is 9.52 Å². The van der Waals surface area contributed by atoms with E-state index in [0.29, 0.717) is 10.6 Å². The van der Waals surface area contributed by atoms with Gasteiger partial charge >= 0.3 is 0 Å². The predicted molar refractivity (Wildman–Crippen MR) is 39.6 cm³/mol. The van der Waals surface area contributed by atoms with Gasteiger partial charge in [0.1, 0.15) is 6.10 Å². The molecule has 1 aromatic rings. The molecular weight excluding hydrogens is 198 g/mol. The number of aryl methyl sites for hydroxylation is 1. The molecule has 56 valence electrons. The molecule has 0 fully saturated rings. The largest absolute Gasteiger partial charge is 0.433 e. The molecule has 0 aliphatic rings. The molecule has 1 rings (SSSR count). The number of oxazole rings is 1. The van der Waals surface area contributed by atoms with Gasteiger partial charge in [-0.3, -0.25) is 0 Å². The van der Waals surface area contributed by atoms with Crippen molar-refractivity contribution in [2.45, 2.75) is 20.0 Å². The number of aliphatic hydroxyl groups excluding tert-OH is 1. The number of nitrogens with zero attached hydrogens (tertiary/aromatic N) is 1. The van der Waals surface area contributed by atoms with Gasteiger partial charge in [-0.2, -0.15) is 0 Å². The average molecular weight is 206 g/mol. The third-order valence-electron chi connectivity index (χ3n) is 1.19. The van der Waals surface area contributed by atoms with Gasteiger partial charge < -0.3 is 9.52 Å². The molecule has 0 bridgehead atoms. The van der Waals surface area contributed by atoms with Crippen molar-refractivity contribution in [1.29, 1.82) is 0 Å². The first kappa shape index (κ1) is 7.75. The second kappa shape index (κ2) is 2.72. The van der Waals surface area contributed by atoms with Crippen LogP contribution < -0.4 is 0 Å². The number of halogens is 1. The first-order chi connectivity index (χ1) is 4.61. The summed E-state index contributed by atoms with van der Waals surface area (Å²) in [5, 5.41) is 9.06. The summed E-state index contributed by atoms with van der Waals surface area (Å²) in [4.78, 5) is 4.34. The summed E-state index contributed by atoms with van der Waals surface area (Å²) in [5.74, 6) is 0.520. The van der Waals surface area contributed by atoms with Gasteiger partial charge in [0.2, 0.25) is 0 Å². The van der Waals surface area contributed by atoms with E-state index >= 15 is 0 Å². The first-order valence-corrected chi connectivity index (χ1v) is 3.71. The fourth-order valence-electron chi connectivity index (χ4n) is 0.762. The number of hydrogen-bond donors (Lipinski definition) is 1. The van der Waals surface area contributed by atoms with Gasteiger partial charge in [-0.1, -0.05) is 0 Å². The Morgan fingerprint density at radius 2 is 2.30 bits per heavy atom. The molecule has 10 heavy (non-hydrogen) atoms. The normalized spacial score (nSPS) is 13.6. The molecule has 0 saturated carbocycles. The smallest absolute Gasteiger partial charge is 0.264 e. The maximum Gasteiger partial charge on any atom is 0.264 e. The molecule has 1 unspecified atom stereocenters. The topological polar surface area (TPSA) is 46.3 Å². The molecule has 0 radical (unpaired) electrons. The Morgan fingerprint density at radius 3 is 2.50 bits per heavy atom. The zero-order valence-electron chi connectivity index (χ0n) is 5.76. The molecular formula is C6H8BrNO2. The van der Waals surface area contributed by atoms with Crippen LogP contribution in [0.3, 0.4) is 0 Å². The van der Waals surface area contributed by atoms with E-state index < -0.39 is 6.10 Å². The van der Waals surface area contributed by atoms with Crippen LogP contribution in [0, 0.1) is 6.92 Å². The van der Waals surface area contributed by atoms with Crippen LogP contribution >= 0.6 is 15.9 Å². The Kier molecular flexibility index (Phi) is 2.11. The third-order valence-corrected chi connectivity index (χ3v) is 1.53. The fraction of sp³-hybridized carbons (Fsp3) is 0.500. The van der Waals surface area contributed by atoms with Gasteiger partial charge in [-0.15, -0.1) is 0 Å². The monoisotopic (exact) mass is 205 g/mol. The average Bonchev–Trinajstić information content (AvgIpc) is 2.10. The molecule has 1 aromatic heterocycles. The molecule has 1 heterocycles. The SMILES string of the molecule is Cc1nc(Br)oc1C(C)O. The van der Waals surface area contributed by atoms with Gasteiger partial charge in [-0.05, 0) is 13.8 Å². The van der Waals surface area contributed by atoms with Crippen LogP contribution in [0.25, 0.3) is 0 Å². The summed E-state index contributed by atoms with van der Waals surface area (Å²) in [6.07, 6.45) is -0.584. The minimum absolute atomic E-state index is 0.418. The summed E-state index contributed by atoms with van der Waals surface area (Å²) in [6.45, 7) is 3.43. The molecule has 1 N–H and O–H groups in total. The van der Waals surface area contributed by atoms with Gasteiger partial charge in [0.05, 0.1) is 5.69 Å². The zero-order valence-corrected chi connectivity index (χ0v) is 7.34. The van der Waals surface area contributed by atoms with Gasteiger partial charge in [0.15, 0.2) is 5.76 Å². The summed E-state index contributed by atoms with van der Waals surface area (Å²) in [5.41, 5.74) is 0.724. The molecule has 0 aliphatic carbocycles. The van der Waals surface area contributed by atoms with E-state index in [2.05, 4.69) is 20.9 Å². The third kappa shape index (κ3) is 1.38. The Bertz CT molecular complexity index is 232. The number of rotatable bonds is 1. The molecule has 0 amide bonds. The van der Waals surface area contributed by atoms with Gasteiger partial charge in [-0.25, -0.2) is 4.98 Å². The first-order valence-electron chi connectivity index (χ1n) is 2.92. The van der Waals surface area contributed by atoms with E-state index in [1.54, 1.807) is 13.8 Å². The summed E-state index contributed by atoms with van der Waals surface area (Å²) >= 11 is 3.06. The Hall–Kier alpha value is -0.350. The molecule has 0 aromatic carbocycles. The van der Waals surface area contributed by atoms with E-state index in [1.165, 1.54) is 0 Å². The molecule has 4 heteroatoms. The van der Waals surface area contributed by atoms with Gasteiger partial charge in [0, 0.05) is 15.9 Å². The second-order valence-corrected chi connectivity index (χ2v) is 2.77. The molecule has 3 nitrogen and oxygen atoms in total. The van der Waals surface area contributed by atoms with Crippen molar-refractivity contribution < 1.29 is 9.52 Å². The highest BCUT2D eigenvalue weighted by molar-refractivity contribution is 9.10. The lowest BCUT2D eigenvalue weighted by molar-refractivity contribution is 0.167. The van der Waals surface area contributed by atoms with Crippen molar-refractivity contribution in [2.75, 3.05) is 0 Å². The Morgan fingerprint density at radius 1 is 1.70 bits per heavy atom. The predicted octanol–water partition coefficient (Wildman–Crippen LogP) is 1.80. The van der Waals surface area contributed by atoms with Crippen LogP contribution in [-0.4, -0.2) is 10.1 Å². The summed E-state index contributed by atoms with van der Waals surface area (Å²) < 4.78 is 5.03. The number of hydrogen-bond acceptors (Lipinski definition) is 3. The van der Waals surface area contributed by atoms with Crippen LogP contribution in [-0.2, 0) is 0 Å². The quantitative estimate of drug-likeness (QED) is 0.761. The second-order valence-electron chi connectivity index (χ2n) is 2.09. The lowest BCUT2D eigenvalue weighted by atomic mass is 10.3. The lowest BCUT2D eigenvalue weighted by Crippen LogP contribution is -1.90. The zero-order chi connectivity index (χ0) is 7.72. The van der Waals surface area contributed by atoms with Crippen LogP contribution in [0.15, 0.2) is 9.22 Å². The highest BCUT2D eigenvalue weighted by atomic mass is 79.9. The van der Waals surface area contributed by atoms with Crippen molar-refractivity contribution >= 4 is 15.9 Å². The maximum atomic E-state index is 9.06. The Labute approximate surface area is 67.2 Å². The van der Waals surface area contributed by atoms with Crippen LogP contribution in [0.2, 0.25) is 0 Å². The minimum atomic E-state index is -0.584. The van der Waals surface area contributed by atoms with Crippen molar-refractivity contribution in [2.24, 2.45) is 0 Å². The highest BCUT2D eigenvalue weighted by Gasteiger charge is 2.11. The molecule has 0 spiro atoms. The Balaban J connectivity index is 3.03. The highest BCUT2D eigenvalue weighted by Crippen LogP contribution is 2.20. The summed E-state index contributed by atoms with van der Waals surface area (Å²) in [6, 6.07) is 0. The number of aliphatic hydroxyl groups is 1. The van der Waals surface area contributed by atoms with E-state index in [-0.39, 0.29) is 0 Å². The standard InChI is InChI=1S/C6H8BrNO2/c1-3-5(4(2)9)10-6(7)8-3/h4,9H,1-2H3. The van der Waals surface area contributed by atoms with Crippen molar-refractivity contribution in [3.05, 3.63) is 16.3 Å². The summed E-state index contributed by atoms with van der Waals surface area (Å²) in [7, 11) is 0.